The van der Waals surface area contributed by atoms with Crippen LogP contribution in [0, 0.1) is 0 Å². The molecule has 0 saturated carbocycles. The maximum atomic E-state index is 12.7. The van der Waals surface area contributed by atoms with Gasteiger partial charge in [0.1, 0.15) is 18.8 Å². The second-order valence-corrected chi connectivity index (χ2v) is 7.40. The third-order valence-electron chi connectivity index (χ3n) is 4.49. The molecule has 8 nitrogen and oxygen atoms in total. The first-order chi connectivity index (χ1) is 14.0. The number of carboxylic acid groups (broad SMARTS) is 1. The van der Waals surface area contributed by atoms with Gasteiger partial charge in [0.15, 0.2) is 0 Å². The number of aliphatic carboxylic acids is 1. The molecule has 0 bridgehead atoms. The number of benzene rings is 1. The fourth-order valence-electron chi connectivity index (χ4n) is 3.08. The molecule has 3 rings (SSSR count). The number of ether oxygens (including phenoxy) is 3. The minimum Gasteiger partial charge on any atom is -0.480 e. The monoisotopic (exact) mass is 464 g/mol. The molecule has 0 aliphatic carbocycles. The van der Waals surface area contributed by atoms with Gasteiger partial charge in [-0.25, -0.2) is 9.59 Å². The number of carbonyl (C=O) groups is 2. The SMILES string of the molecule is O=C(O)COC1(c2ccncc2Br)COCCN(C(=O)OCc2ccccc2)C1. The van der Waals surface area contributed by atoms with Gasteiger partial charge in [-0.3, -0.25) is 4.98 Å². The van der Waals surface area contributed by atoms with Crippen LogP contribution in [-0.4, -0.2) is 60.0 Å². The predicted octanol–water partition coefficient (Wildman–Crippen LogP) is 2.81. The van der Waals surface area contributed by atoms with Gasteiger partial charge in [0, 0.05) is 29.0 Å². The van der Waals surface area contributed by atoms with Crippen LogP contribution < -0.4 is 0 Å². The van der Waals surface area contributed by atoms with E-state index in [1.54, 1.807) is 18.5 Å². The maximum absolute atomic E-state index is 12.7. The summed E-state index contributed by atoms with van der Waals surface area (Å²) in [5.41, 5.74) is 0.344. The highest BCUT2D eigenvalue weighted by molar-refractivity contribution is 9.10. The molecule has 1 saturated heterocycles. The highest BCUT2D eigenvalue weighted by Crippen LogP contribution is 2.34. The molecule has 0 radical (unpaired) electrons. The van der Waals surface area contributed by atoms with Crippen molar-refractivity contribution in [3.63, 3.8) is 0 Å². The van der Waals surface area contributed by atoms with E-state index in [-0.39, 0.29) is 26.4 Å². The lowest BCUT2D eigenvalue weighted by atomic mass is 9.94. The number of halogens is 1. The minimum atomic E-state index is -1.18. The van der Waals surface area contributed by atoms with Crippen molar-refractivity contribution in [2.75, 3.05) is 32.9 Å². The van der Waals surface area contributed by atoms with Crippen LogP contribution in [-0.2, 0) is 31.2 Å². The van der Waals surface area contributed by atoms with Crippen molar-refractivity contribution in [1.29, 1.82) is 0 Å². The van der Waals surface area contributed by atoms with Crippen molar-refractivity contribution in [2.24, 2.45) is 0 Å². The van der Waals surface area contributed by atoms with Crippen molar-refractivity contribution in [2.45, 2.75) is 12.2 Å². The minimum absolute atomic E-state index is 0.0799. The first-order valence-electron chi connectivity index (χ1n) is 8.99. The second-order valence-electron chi connectivity index (χ2n) is 6.55. The standard InChI is InChI=1S/C20H21BrN2O6/c21-17-10-22-7-6-16(17)20(29-12-18(24)25)13-23(8-9-27-14-20)19(26)28-11-15-4-2-1-3-5-15/h1-7,10H,8-9,11-14H2,(H,24,25). The van der Waals surface area contributed by atoms with Crippen LogP contribution in [0.15, 0.2) is 53.3 Å². The lowest BCUT2D eigenvalue weighted by Crippen LogP contribution is -2.47. The fraction of sp³-hybridized carbons (Fsp3) is 0.350. The Kier molecular flexibility index (Phi) is 7.18. The zero-order valence-electron chi connectivity index (χ0n) is 15.6. The molecule has 1 aliphatic rings. The van der Waals surface area contributed by atoms with Crippen LogP contribution in [0.4, 0.5) is 4.79 Å². The van der Waals surface area contributed by atoms with Crippen LogP contribution in [0.2, 0.25) is 0 Å². The fourth-order valence-corrected chi connectivity index (χ4v) is 3.70. The predicted molar refractivity (Wildman–Crippen MR) is 106 cm³/mol. The highest BCUT2D eigenvalue weighted by atomic mass is 79.9. The van der Waals surface area contributed by atoms with Gasteiger partial charge in [0.2, 0.25) is 0 Å². The zero-order valence-corrected chi connectivity index (χ0v) is 17.2. The van der Waals surface area contributed by atoms with Crippen molar-refractivity contribution < 1.29 is 28.9 Å². The van der Waals surface area contributed by atoms with E-state index < -0.39 is 24.3 Å². The molecule has 2 heterocycles. The van der Waals surface area contributed by atoms with E-state index in [1.807, 2.05) is 30.3 Å². The molecule has 1 aliphatic heterocycles. The molecular weight excluding hydrogens is 444 g/mol. The van der Waals surface area contributed by atoms with E-state index in [0.29, 0.717) is 16.6 Å². The van der Waals surface area contributed by atoms with E-state index in [0.717, 1.165) is 5.56 Å². The number of hydrogen-bond acceptors (Lipinski definition) is 6. The summed E-state index contributed by atoms with van der Waals surface area (Å²) in [6, 6.07) is 11.1. The van der Waals surface area contributed by atoms with E-state index >= 15 is 0 Å². The van der Waals surface area contributed by atoms with Gasteiger partial charge < -0.3 is 24.2 Å². The topological polar surface area (TPSA) is 98.2 Å². The van der Waals surface area contributed by atoms with Crippen molar-refractivity contribution in [3.8, 4) is 0 Å². The molecule has 1 amide bonds. The first-order valence-corrected chi connectivity index (χ1v) is 9.78. The molecule has 1 atom stereocenters. The summed E-state index contributed by atoms with van der Waals surface area (Å²) in [6.45, 7) is 0.349. The largest absolute Gasteiger partial charge is 0.480 e. The van der Waals surface area contributed by atoms with Gasteiger partial charge in [-0.15, -0.1) is 0 Å². The van der Waals surface area contributed by atoms with Crippen molar-refractivity contribution in [1.82, 2.24) is 9.88 Å². The number of pyridine rings is 1. The number of nitrogens with zero attached hydrogens (tertiary/aromatic N) is 2. The van der Waals surface area contributed by atoms with Gasteiger partial charge >= 0.3 is 12.1 Å². The number of carboxylic acids is 1. The lowest BCUT2D eigenvalue weighted by molar-refractivity contribution is -0.155. The van der Waals surface area contributed by atoms with E-state index in [2.05, 4.69) is 20.9 Å². The van der Waals surface area contributed by atoms with Crippen LogP contribution in [0.1, 0.15) is 11.1 Å². The third-order valence-corrected chi connectivity index (χ3v) is 5.12. The molecule has 29 heavy (non-hydrogen) atoms. The van der Waals surface area contributed by atoms with Gasteiger partial charge in [0.05, 0.1) is 19.8 Å². The number of rotatable bonds is 6. The van der Waals surface area contributed by atoms with Crippen LogP contribution in [0.3, 0.4) is 0 Å². The van der Waals surface area contributed by atoms with Gasteiger partial charge in [-0.2, -0.15) is 0 Å². The number of hydrogen-bond donors (Lipinski definition) is 1. The molecule has 154 valence electrons. The highest BCUT2D eigenvalue weighted by Gasteiger charge is 2.41. The summed E-state index contributed by atoms with van der Waals surface area (Å²) in [5.74, 6) is -1.11. The maximum Gasteiger partial charge on any atom is 0.410 e. The Morgan fingerprint density at radius 1 is 1.28 bits per heavy atom. The van der Waals surface area contributed by atoms with Crippen molar-refractivity contribution in [3.05, 3.63) is 64.4 Å². The van der Waals surface area contributed by atoms with Crippen LogP contribution >= 0.6 is 15.9 Å². The second kappa shape index (κ2) is 9.82. The molecule has 0 spiro atoms. The third kappa shape index (κ3) is 5.53. The van der Waals surface area contributed by atoms with Gasteiger partial charge in [0.25, 0.3) is 0 Å². The van der Waals surface area contributed by atoms with E-state index in [9.17, 15) is 9.59 Å². The van der Waals surface area contributed by atoms with E-state index in [1.165, 1.54) is 4.90 Å². The number of amides is 1. The van der Waals surface area contributed by atoms with Gasteiger partial charge in [-0.05, 0) is 27.6 Å². The molecule has 1 fully saturated rings. The summed E-state index contributed by atoms with van der Waals surface area (Å²) in [4.78, 5) is 29.4. The summed E-state index contributed by atoms with van der Waals surface area (Å²) in [7, 11) is 0. The Hall–Kier alpha value is -2.49. The average molecular weight is 465 g/mol. The smallest absolute Gasteiger partial charge is 0.410 e. The normalized spacial score (nSPS) is 19.4. The average Bonchev–Trinajstić information content (AvgIpc) is 2.95. The molecule has 9 heteroatoms. The van der Waals surface area contributed by atoms with E-state index in [4.69, 9.17) is 19.3 Å². The lowest BCUT2D eigenvalue weighted by Gasteiger charge is -2.35. The zero-order chi connectivity index (χ0) is 20.7. The molecular formula is C20H21BrN2O6. The molecule has 1 N–H and O–H groups in total. The first kappa shape index (κ1) is 21.2. The summed E-state index contributed by atoms with van der Waals surface area (Å²) < 4.78 is 17.6. The van der Waals surface area contributed by atoms with Crippen LogP contribution in [0.25, 0.3) is 0 Å². The van der Waals surface area contributed by atoms with Crippen molar-refractivity contribution >= 4 is 28.0 Å². The molecule has 1 aromatic carbocycles. The Labute approximate surface area is 176 Å². The molecule has 1 aromatic heterocycles. The Morgan fingerprint density at radius 2 is 2.07 bits per heavy atom. The van der Waals surface area contributed by atoms with Crippen LogP contribution in [0.5, 0.6) is 0 Å². The molecule has 2 aromatic rings. The Morgan fingerprint density at radius 3 is 2.79 bits per heavy atom. The summed E-state index contributed by atoms with van der Waals surface area (Å²) in [5, 5.41) is 9.14. The summed E-state index contributed by atoms with van der Waals surface area (Å²) in [6.07, 6.45) is 2.65. The Balaban J connectivity index is 1.81. The quantitative estimate of drug-likeness (QED) is 0.701. The Bertz CT molecular complexity index is 850. The van der Waals surface area contributed by atoms with Gasteiger partial charge in [-0.1, -0.05) is 30.3 Å². The number of carbonyl (C=O) groups excluding carboxylic acids is 1. The number of aromatic nitrogens is 1. The molecule has 1 unspecified atom stereocenters. The summed E-state index contributed by atoms with van der Waals surface area (Å²) >= 11 is 3.44.